The molecule has 170 valence electrons. The fourth-order valence-corrected chi connectivity index (χ4v) is 4.05. The Morgan fingerprint density at radius 3 is 2.67 bits per heavy atom. The van der Waals surface area contributed by atoms with Crippen LogP contribution in [0.4, 0.5) is 0 Å². The Labute approximate surface area is 198 Å². The van der Waals surface area contributed by atoms with Crippen molar-refractivity contribution in [3.05, 3.63) is 29.3 Å². The van der Waals surface area contributed by atoms with E-state index < -0.39 is 0 Å². The van der Waals surface area contributed by atoms with Gasteiger partial charge in [0.2, 0.25) is 0 Å². The van der Waals surface area contributed by atoms with E-state index in [1.807, 2.05) is 6.07 Å². The number of ether oxygens (including phenoxy) is 3. The molecule has 1 unspecified atom stereocenters. The summed E-state index contributed by atoms with van der Waals surface area (Å²) in [6.07, 6.45) is 6.32. The number of hydrogen-bond donors (Lipinski definition) is 1. The summed E-state index contributed by atoms with van der Waals surface area (Å²) in [4.78, 5) is 7.24. The topological polar surface area (TPSA) is 55.3 Å². The summed E-state index contributed by atoms with van der Waals surface area (Å²) in [6, 6.07) is 6.26. The number of benzene rings is 1. The van der Waals surface area contributed by atoms with E-state index in [-0.39, 0.29) is 24.0 Å². The van der Waals surface area contributed by atoms with Crippen molar-refractivity contribution in [3.8, 4) is 5.75 Å². The molecule has 6 nitrogen and oxygen atoms in total. The SMILES string of the molecule is CCNC(=NCc1ccc(OC)c(C)c1)N1CCC(OCC2CCCCO2)CC1.I. The minimum Gasteiger partial charge on any atom is -0.496 e. The van der Waals surface area contributed by atoms with E-state index in [1.165, 1.54) is 18.4 Å². The molecule has 2 saturated heterocycles. The molecule has 3 rings (SSSR count). The highest BCUT2D eigenvalue weighted by Crippen LogP contribution is 2.20. The molecule has 2 aliphatic heterocycles. The predicted molar refractivity (Wildman–Crippen MR) is 132 cm³/mol. The third-order valence-electron chi connectivity index (χ3n) is 5.74. The molecule has 2 heterocycles. The molecule has 1 N–H and O–H groups in total. The zero-order valence-corrected chi connectivity index (χ0v) is 21.0. The van der Waals surface area contributed by atoms with Gasteiger partial charge in [-0.25, -0.2) is 4.99 Å². The van der Waals surface area contributed by atoms with Crippen molar-refractivity contribution >= 4 is 29.9 Å². The first-order valence-corrected chi connectivity index (χ1v) is 11.1. The highest BCUT2D eigenvalue weighted by Gasteiger charge is 2.23. The van der Waals surface area contributed by atoms with Crippen molar-refractivity contribution in [3.63, 3.8) is 0 Å². The zero-order chi connectivity index (χ0) is 20.5. The molecule has 0 aromatic heterocycles. The first-order chi connectivity index (χ1) is 14.2. The summed E-state index contributed by atoms with van der Waals surface area (Å²) >= 11 is 0. The Morgan fingerprint density at radius 2 is 2.03 bits per heavy atom. The number of aliphatic imine (C=N–C) groups is 1. The highest BCUT2D eigenvalue weighted by molar-refractivity contribution is 14.0. The molecular formula is C23H38IN3O3. The first-order valence-electron chi connectivity index (χ1n) is 11.1. The number of nitrogens with one attached hydrogen (secondary N) is 1. The standard InChI is InChI=1S/C23H37N3O3.HI/c1-4-24-23(25-16-19-8-9-22(27-3)18(2)15-19)26-12-10-20(11-13-26)29-17-21-7-5-6-14-28-21;/h8-9,15,20-21H,4-7,10-14,16-17H2,1-3H3,(H,24,25);1H. The Hall–Kier alpha value is -1.06. The van der Waals surface area contributed by atoms with Crippen LogP contribution in [0.5, 0.6) is 5.75 Å². The number of methoxy groups -OCH3 is 1. The number of likely N-dealkylation sites (tertiary alicyclic amines) is 1. The fraction of sp³-hybridized carbons (Fsp3) is 0.696. The molecule has 1 aromatic carbocycles. The molecule has 0 bridgehead atoms. The van der Waals surface area contributed by atoms with Crippen LogP contribution in [0.3, 0.4) is 0 Å². The minimum absolute atomic E-state index is 0. The van der Waals surface area contributed by atoms with Crippen LogP contribution in [0.25, 0.3) is 0 Å². The number of halogens is 1. The number of hydrogen-bond acceptors (Lipinski definition) is 4. The maximum Gasteiger partial charge on any atom is 0.194 e. The molecule has 0 amide bonds. The third-order valence-corrected chi connectivity index (χ3v) is 5.74. The lowest BCUT2D eigenvalue weighted by atomic mass is 10.1. The summed E-state index contributed by atoms with van der Waals surface area (Å²) in [5, 5.41) is 3.45. The van der Waals surface area contributed by atoms with Crippen LogP contribution in [0.15, 0.2) is 23.2 Å². The van der Waals surface area contributed by atoms with E-state index in [4.69, 9.17) is 19.2 Å². The predicted octanol–water partition coefficient (Wildman–Crippen LogP) is 4.14. The van der Waals surface area contributed by atoms with Gasteiger partial charge in [-0.15, -0.1) is 24.0 Å². The second-order valence-electron chi connectivity index (χ2n) is 7.98. The number of guanidine groups is 1. The second-order valence-corrected chi connectivity index (χ2v) is 7.98. The number of nitrogens with zero attached hydrogens (tertiary/aromatic N) is 2. The number of rotatable bonds is 7. The Balaban J connectivity index is 0.00000320. The van der Waals surface area contributed by atoms with Crippen LogP contribution in [0.2, 0.25) is 0 Å². The third kappa shape index (κ3) is 7.57. The van der Waals surface area contributed by atoms with Gasteiger partial charge in [0.1, 0.15) is 5.75 Å². The largest absolute Gasteiger partial charge is 0.496 e. The van der Waals surface area contributed by atoms with E-state index >= 15 is 0 Å². The van der Waals surface area contributed by atoms with Crippen molar-refractivity contribution in [2.75, 3.05) is 40.0 Å². The van der Waals surface area contributed by atoms with Gasteiger partial charge in [-0.2, -0.15) is 0 Å². The van der Waals surface area contributed by atoms with Crippen molar-refractivity contribution in [1.29, 1.82) is 0 Å². The molecule has 0 spiro atoms. The van der Waals surface area contributed by atoms with E-state index in [9.17, 15) is 0 Å². The average Bonchev–Trinajstić information content (AvgIpc) is 2.76. The van der Waals surface area contributed by atoms with Crippen LogP contribution in [-0.2, 0) is 16.0 Å². The Kier molecular flexibility index (Phi) is 11.2. The summed E-state index contributed by atoms with van der Waals surface area (Å²) < 4.78 is 17.3. The van der Waals surface area contributed by atoms with E-state index in [0.29, 0.717) is 18.8 Å². The Morgan fingerprint density at radius 1 is 1.23 bits per heavy atom. The molecule has 0 radical (unpaired) electrons. The van der Waals surface area contributed by atoms with Gasteiger partial charge in [0.25, 0.3) is 0 Å². The summed E-state index contributed by atoms with van der Waals surface area (Å²) in [7, 11) is 1.71. The number of aryl methyl sites for hydroxylation is 1. The first kappa shape index (κ1) is 25.2. The zero-order valence-electron chi connectivity index (χ0n) is 18.7. The van der Waals surface area contributed by atoms with Gasteiger partial charge >= 0.3 is 0 Å². The van der Waals surface area contributed by atoms with Gasteiger partial charge in [-0.05, 0) is 63.1 Å². The van der Waals surface area contributed by atoms with Crippen LogP contribution < -0.4 is 10.1 Å². The second kappa shape index (κ2) is 13.4. The number of piperidine rings is 1. The molecule has 1 atom stereocenters. The maximum atomic E-state index is 6.15. The van der Waals surface area contributed by atoms with Gasteiger partial charge in [0, 0.05) is 26.2 Å². The smallest absolute Gasteiger partial charge is 0.194 e. The maximum absolute atomic E-state index is 6.15. The van der Waals surface area contributed by atoms with Gasteiger partial charge < -0.3 is 24.4 Å². The molecule has 7 heteroatoms. The lowest BCUT2D eigenvalue weighted by molar-refractivity contribution is -0.0721. The quantitative estimate of drug-likeness (QED) is 0.326. The van der Waals surface area contributed by atoms with Crippen LogP contribution >= 0.6 is 24.0 Å². The van der Waals surface area contributed by atoms with Gasteiger partial charge in [0.05, 0.1) is 32.5 Å². The van der Waals surface area contributed by atoms with Gasteiger partial charge in [-0.1, -0.05) is 12.1 Å². The van der Waals surface area contributed by atoms with Crippen LogP contribution in [0.1, 0.15) is 50.2 Å². The van der Waals surface area contributed by atoms with Gasteiger partial charge in [0.15, 0.2) is 5.96 Å². The molecule has 0 aliphatic carbocycles. The van der Waals surface area contributed by atoms with Crippen molar-refractivity contribution < 1.29 is 14.2 Å². The van der Waals surface area contributed by atoms with E-state index in [1.54, 1.807) is 7.11 Å². The molecule has 2 aliphatic rings. The van der Waals surface area contributed by atoms with E-state index in [2.05, 4.69) is 36.2 Å². The lowest BCUT2D eigenvalue weighted by Gasteiger charge is -2.35. The highest BCUT2D eigenvalue weighted by atomic mass is 127. The van der Waals surface area contributed by atoms with Crippen LogP contribution in [0, 0.1) is 6.92 Å². The molecule has 30 heavy (non-hydrogen) atoms. The van der Waals surface area contributed by atoms with Crippen LogP contribution in [-0.4, -0.2) is 63.0 Å². The lowest BCUT2D eigenvalue weighted by Crippen LogP contribution is -2.47. The monoisotopic (exact) mass is 531 g/mol. The summed E-state index contributed by atoms with van der Waals surface area (Å²) in [5.74, 6) is 1.92. The molecular weight excluding hydrogens is 493 g/mol. The summed E-state index contributed by atoms with van der Waals surface area (Å²) in [6.45, 7) is 9.32. The van der Waals surface area contributed by atoms with Crippen molar-refractivity contribution in [2.24, 2.45) is 4.99 Å². The normalized spacial score (nSPS) is 20.6. The molecule has 1 aromatic rings. The molecule has 2 fully saturated rings. The Bertz CT molecular complexity index is 657. The van der Waals surface area contributed by atoms with Crippen molar-refractivity contribution in [2.45, 2.75) is 64.7 Å². The fourth-order valence-electron chi connectivity index (χ4n) is 4.05. The molecule has 0 saturated carbocycles. The van der Waals surface area contributed by atoms with E-state index in [0.717, 1.165) is 69.4 Å². The van der Waals surface area contributed by atoms with Crippen molar-refractivity contribution in [1.82, 2.24) is 10.2 Å². The average molecular weight is 531 g/mol. The minimum atomic E-state index is 0. The summed E-state index contributed by atoms with van der Waals surface area (Å²) in [5.41, 5.74) is 2.34. The van der Waals surface area contributed by atoms with Gasteiger partial charge in [-0.3, -0.25) is 0 Å².